The molecule has 6 heteroatoms. The summed E-state index contributed by atoms with van der Waals surface area (Å²) in [6.45, 7) is 1.43. The highest BCUT2D eigenvalue weighted by Gasteiger charge is 2.32. The molecule has 0 N–H and O–H groups in total. The number of halogens is 3. The summed E-state index contributed by atoms with van der Waals surface area (Å²) >= 11 is 10.6. The van der Waals surface area contributed by atoms with Gasteiger partial charge in [0.1, 0.15) is 0 Å². The second-order valence-corrected chi connectivity index (χ2v) is 9.87. The van der Waals surface area contributed by atoms with E-state index in [2.05, 4.69) is 47.8 Å². The Hall–Kier alpha value is 1.58. The number of hydrogen-bond donors (Lipinski definition) is 0. The molecule has 0 spiro atoms. The zero-order valence-corrected chi connectivity index (χ0v) is 14.9. The van der Waals surface area contributed by atoms with Crippen molar-refractivity contribution in [2.24, 2.45) is 0 Å². The van der Waals surface area contributed by atoms with E-state index in [9.17, 15) is 0 Å². The average molecular weight is 427 g/mol. The highest BCUT2D eigenvalue weighted by atomic mass is 79.9. The lowest BCUT2D eigenvalue weighted by Gasteiger charge is -2.30. The van der Waals surface area contributed by atoms with Gasteiger partial charge < -0.3 is 9.16 Å². The fourth-order valence-electron chi connectivity index (χ4n) is 1.45. The van der Waals surface area contributed by atoms with Crippen LogP contribution in [0.1, 0.15) is 0 Å². The van der Waals surface area contributed by atoms with Crippen LogP contribution < -0.4 is 0 Å². The van der Waals surface area contributed by atoms with Crippen LogP contribution in [0.2, 0.25) is 18.1 Å². The van der Waals surface area contributed by atoms with Gasteiger partial charge >= 0.3 is 0 Å². The third-order valence-electron chi connectivity index (χ3n) is 2.35. The first-order valence-corrected chi connectivity index (χ1v) is 10.9. The minimum atomic E-state index is -1.55. The molecule has 0 fully saturated rings. The van der Waals surface area contributed by atoms with Gasteiger partial charge in [0.2, 0.25) is 0 Å². The summed E-state index contributed by atoms with van der Waals surface area (Å²) in [5, 5.41) is 3.10. The van der Waals surface area contributed by atoms with Crippen LogP contribution >= 0.6 is 47.8 Å². The lowest BCUT2D eigenvalue weighted by atomic mass is 10.8. The van der Waals surface area contributed by atoms with Gasteiger partial charge in [0, 0.05) is 23.1 Å². The number of ether oxygens (including phenoxy) is 1. The molecule has 2 nitrogen and oxygen atoms in total. The van der Waals surface area contributed by atoms with Crippen LogP contribution in [-0.2, 0) is 9.16 Å². The molecule has 0 saturated carbocycles. The van der Waals surface area contributed by atoms with E-state index in [0.29, 0.717) is 6.61 Å². The van der Waals surface area contributed by atoms with Crippen molar-refractivity contribution in [1.29, 1.82) is 0 Å². The highest BCUT2D eigenvalue weighted by molar-refractivity contribution is 9.09. The molecule has 0 rings (SSSR count). The SMILES string of the molecule is COCCO[Si](CCBr)(CCBr)CCBr. The Morgan fingerprint density at radius 3 is 1.67 bits per heavy atom. The first kappa shape index (κ1) is 16.6. The summed E-state index contributed by atoms with van der Waals surface area (Å²) in [6.07, 6.45) is 0. The molecule has 0 aliphatic heterocycles. The lowest BCUT2D eigenvalue weighted by Crippen LogP contribution is -2.40. The second-order valence-electron chi connectivity index (χ2n) is 3.34. The molecule has 0 bridgehead atoms. The number of alkyl halides is 3. The predicted molar refractivity (Wildman–Crippen MR) is 79.4 cm³/mol. The quantitative estimate of drug-likeness (QED) is 0.300. The van der Waals surface area contributed by atoms with Crippen LogP contribution in [0.3, 0.4) is 0 Å². The Bertz CT molecular complexity index is 132. The number of rotatable bonds is 10. The van der Waals surface area contributed by atoms with Gasteiger partial charge in [-0.1, -0.05) is 47.8 Å². The summed E-state index contributed by atoms with van der Waals surface area (Å²) in [6, 6.07) is 3.52. The van der Waals surface area contributed by atoms with Crippen LogP contribution in [0.15, 0.2) is 0 Å². The molecule has 15 heavy (non-hydrogen) atoms. The molecule has 0 aromatic rings. The van der Waals surface area contributed by atoms with Crippen molar-refractivity contribution < 1.29 is 9.16 Å². The van der Waals surface area contributed by atoms with E-state index in [1.54, 1.807) is 7.11 Å². The smallest absolute Gasteiger partial charge is 0.195 e. The van der Waals surface area contributed by atoms with E-state index in [1.165, 1.54) is 18.1 Å². The Kier molecular flexibility index (Phi) is 11.8. The average Bonchev–Trinajstić information content (AvgIpc) is 2.19. The predicted octanol–water partition coefficient (Wildman–Crippen LogP) is 3.78. The van der Waals surface area contributed by atoms with Crippen LogP contribution in [0.5, 0.6) is 0 Å². The molecule has 0 heterocycles. The first-order chi connectivity index (χ1) is 7.24. The summed E-state index contributed by atoms with van der Waals surface area (Å²) in [5.74, 6) is 0. The molecule has 0 aromatic heterocycles. The maximum Gasteiger partial charge on any atom is 0.195 e. The molecule has 0 amide bonds. The molecule has 0 aliphatic carbocycles. The van der Waals surface area contributed by atoms with Crippen molar-refractivity contribution in [3.63, 3.8) is 0 Å². The van der Waals surface area contributed by atoms with Gasteiger partial charge in [-0.15, -0.1) is 0 Å². The minimum absolute atomic E-state index is 0.696. The molecular weight excluding hydrogens is 408 g/mol. The lowest BCUT2D eigenvalue weighted by molar-refractivity contribution is 0.141. The Morgan fingerprint density at radius 1 is 0.867 bits per heavy atom. The minimum Gasteiger partial charge on any atom is -0.414 e. The summed E-state index contributed by atoms with van der Waals surface area (Å²) in [5.41, 5.74) is 0. The second kappa shape index (κ2) is 10.7. The topological polar surface area (TPSA) is 18.5 Å². The van der Waals surface area contributed by atoms with E-state index in [1.807, 2.05) is 0 Å². The van der Waals surface area contributed by atoms with Gasteiger partial charge in [0.05, 0.1) is 13.2 Å². The summed E-state index contributed by atoms with van der Waals surface area (Å²) < 4.78 is 11.1. The van der Waals surface area contributed by atoms with Crippen molar-refractivity contribution in [2.75, 3.05) is 36.3 Å². The van der Waals surface area contributed by atoms with Gasteiger partial charge in [0.25, 0.3) is 0 Å². The van der Waals surface area contributed by atoms with Crippen molar-refractivity contribution in [3.8, 4) is 0 Å². The molecule has 0 aromatic carbocycles. The molecule has 0 aliphatic rings. The Labute approximate surface area is 119 Å². The monoisotopic (exact) mass is 424 g/mol. The van der Waals surface area contributed by atoms with E-state index >= 15 is 0 Å². The standard InChI is InChI=1S/C9H19Br3O2Si/c1-13-5-6-14-15(7-2-10,8-3-11)9-4-12/h2-9H2,1H3. The highest BCUT2D eigenvalue weighted by Crippen LogP contribution is 2.25. The van der Waals surface area contributed by atoms with Crippen LogP contribution in [-0.4, -0.2) is 44.6 Å². The van der Waals surface area contributed by atoms with Crippen molar-refractivity contribution in [2.45, 2.75) is 18.1 Å². The maximum atomic E-state index is 6.12. The maximum absolute atomic E-state index is 6.12. The van der Waals surface area contributed by atoms with Gasteiger partial charge in [-0.25, -0.2) is 0 Å². The van der Waals surface area contributed by atoms with Gasteiger partial charge in [-0.2, -0.15) is 0 Å². The Balaban J connectivity index is 4.18. The third kappa shape index (κ3) is 7.49. The van der Waals surface area contributed by atoms with E-state index in [0.717, 1.165) is 22.6 Å². The van der Waals surface area contributed by atoms with E-state index in [4.69, 9.17) is 9.16 Å². The van der Waals surface area contributed by atoms with Gasteiger partial charge in [-0.05, 0) is 18.1 Å². The van der Waals surface area contributed by atoms with Gasteiger partial charge in [0.15, 0.2) is 8.32 Å². The van der Waals surface area contributed by atoms with Crippen LogP contribution in [0.4, 0.5) is 0 Å². The summed E-state index contributed by atoms with van der Waals surface area (Å²) in [4.78, 5) is 0. The van der Waals surface area contributed by atoms with E-state index < -0.39 is 8.32 Å². The molecule has 0 unspecified atom stereocenters. The number of hydrogen-bond acceptors (Lipinski definition) is 2. The largest absolute Gasteiger partial charge is 0.414 e. The van der Waals surface area contributed by atoms with E-state index in [-0.39, 0.29) is 0 Å². The molecule has 0 radical (unpaired) electrons. The number of methoxy groups -OCH3 is 1. The zero-order chi connectivity index (χ0) is 11.6. The summed E-state index contributed by atoms with van der Waals surface area (Å²) in [7, 11) is 0.161. The molecule has 0 atom stereocenters. The fraction of sp³-hybridized carbons (Fsp3) is 1.00. The van der Waals surface area contributed by atoms with Crippen molar-refractivity contribution in [1.82, 2.24) is 0 Å². The first-order valence-electron chi connectivity index (χ1n) is 5.05. The van der Waals surface area contributed by atoms with Crippen LogP contribution in [0.25, 0.3) is 0 Å². The fourth-order valence-corrected chi connectivity index (χ4v) is 10.7. The zero-order valence-electron chi connectivity index (χ0n) is 9.11. The van der Waals surface area contributed by atoms with Crippen molar-refractivity contribution >= 4 is 56.1 Å². The van der Waals surface area contributed by atoms with Gasteiger partial charge in [-0.3, -0.25) is 0 Å². The Morgan fingerprint density at radius 2 is 1.33 bits per heavy atom. The van der Waals surface area contributed by atoms with Crippen molar-refractivity contribution in [3.05, 3.63) is 0 Å². The third-order valence-corrected chi connectivity index (χ3v) is 10.0. The normalized spacial score (nSPS) is 12.0. The molecular formula is C9H19Br3O2Si. The molecule has 0 saturated heterocycles. The molecule has 92 valence electrons. The van der Waals surface area contributed by atoms with Crippen LogP contribution in [0, 0.1) is 0 Å².